The summed E-state index contributed by atoms with van der Waals surface area (Å²) in [6, 6.07) is 0. The van der Waals surface area contributed by atoms with Crippen molar-refractivity contribution in [2.75, 3.05) is 0 Å². The molecular weight excluding hydrogens is 192 g/mol. The molecule has 0 spiro atoms. The van der Waals surface area contributed by atoms with E-state index in [1.54, 1.807) is 38.5 Å². The van der Waals surface area contributed by atoms with Gasteiger partial charge in [0, 0.05) is 0 Å². The molecule has 2 rings (SSSR count). The summed E-state index contributed by atoms with van der Waals surface area (Å²) >= 11 is 0. The van der Waals surface area contributed by atoms with Gasteiger partial charge in [-0.05, 0) is 11.8 Å². The third kappa shape index (κ3) is 4.47. The van der Waals surface area contributed by atoms with Crippen molar-refractivity contribution in [1.29, 1.82) is 0 Å². The molecule has 0 N–H and O–H groups in total. The fraction of sp³-hybridized carbons (Fsp3) is 1.00. The molecule has 0 amide bonds. The molecule has 2 aliphatic rings. The van der Waals surface area contributed by atoms with Gasteiger partial charge in [0.2, 0.25) is 0 Å². The van der Waals surface area contributed by atoms with Gasteiger partial charge in [0.05, 0.1) is 0 Å². The van der Waals surface area contributed by atoms with Crippen LogP contribution < -0.4 is 0 Å². The lowest BCUT2D eigenvalue weighted by Crippen LogP contribution is -2.10. The van der Waals surface area contributed by atoms with Crippen LogP contribution in [0.3, 0.4) is 0 Å². The van der Waals surface area contributed by atoms with Gasteiger partial charge in [0.25, 0.3) is 0 Å². The summed E-state index contributed by atoms with van der Waals surface area (Å²) in [4.78, 5) is 0. The van der Waals surface area contributed by atoms with Crippen molar-refractivity contribution >= 4 is 0 Å². The standard InChI is InChI=1S/C16H30/c1-2-6-10-16-12-8-4-3-7-11-15(9-5-1)13-14-16/h15-16H,1-14H2. The molecule has 2 bridgehead atoms. The van der Waals surface area contributed by atoms with E-state index in [0.717, 1.165) is 11.8 Å². The van der Waals surface area contributed by atoms with Gasteiger partial charge in [-0.3, -0.25) is 0 Å². The zero-order valence-corrected chi connectivity index (χ0v) is 11.1. The summed E-state index contributed by atoms with van der Waals surface area (Å²) in [5, 5.41) is 0. The fourth-order valence-corrected chi connectivity index (χ4v) is 3.78. The average Bonchev–Trinajstić information content (AvgIpc) is 2.33. The summed E-state index contributed by atoms with van der Waals surface area (Å²) in [5.41, 5.74) is 0. The Hall–Kier alpha value is 0. The van der Waals surface area contributed by atoms with Gasteiger partial charge in [-0.2, -0.15) is 0 Å². The maximum Gasteiger partial charge on any atom is -0.0414 e. The summed E-state index contributed by atoms with van der Waals surface area (Å²) in [6.45, 7) is 0. The minimum Gasteiger partial charge on any atom is -0.0533 e. The lowest BCUT2D eigenvalue weighted by Gasteiger charge is -2.25. The van der Waals surface area contributed by atoms with E-state index >= 15 is 0 Å². The third-order valence-corrected chi connectivity index (χ3v) is 4.93. The first-order valence-corrected chi connectivity index (χ1v) is 7.95. The van der Waals surface area contributed by atoms with Crippen molar-refractivity contribution in [3.05, 3.63) is 0 Å². The van der Waals surface area contributed by atoms with Crippen LogP contribution in [0.5, 0.6) is 0 Å². The molecule has 0 atom stereocenters. The first kappa shape index (κ1) is 12.5. The molecule has 0 aromatic carbocycles. The molecule has 0 heteroatoms. The smallest absolute Gasteiger partial charge is 0.0414 e. The first-order chi connectivity index (χ1) is 7.95. The Morgan fingerprint density at radius 1 is 0.312 bits per heavy atom. The minimum absolute atomic E-state index is 1.10. The molecule has 0 unspecified atom stereocenters. The number of rotatable bonds is 0. The van der Waals surface area contributed by atoms with E-state index in [-0.39, 0.29) is 0 Å². The number of hydrogen-bond donors (Lipinski definition) is 0. The summed E-state index contributed by atoms with van der Waals surface area (Å²) in [6.07, 6.45) is 21.5. The molecule has 0 aromatic heterocycles. The molecule has 0 radical (unpaired) electrons. The van der Waals surface area contributed by atoms with Crippen molar-refractivity contribution in [3.8, 4) is 0 Å². The topological polar surface area (TPSA) is 0 Å². The second-order valence-corrected chi connectivity index (χ2v) is 6.29. The zero-order valence-electron chi connectivity index (χ0n) is 11.1. The van der Waals surface area contributed by atoms with Crippen LogP contribution >= 0.6 is 0 Å². The van der Waals surface area contributed by atoms with E-state index in [9.17, 15) is 0 Å². The van der Waals surface area contributed by atoms with Crippen molar-refractivity contribution in [2.24, 2.45) is 11.8 Å². The predicted octanol–water partition coefficient (Wildman–Crippen LogP) is 5.71. The van der Waals surface area contributed by atoms with E-state index in [0.29, 0.717) is 0 Å². The molecule has 0 heterocycles. The Bertz CT molecular complexity index is 137. The second-order valence-electron chi connectivity index (χ2n) is 6.29. The van der Waals surface area contributed by atoms with Crippen molar-refractivity contribution in [3.63, 3.8) is 0 Å². The molecule has 0 nitrogen and oxygen atoms in total. The molecule has 2 aliphatic carbocycles. The highest BCUT2D eigenvalue weighted by atomic mass is 14.2. The number of fused-ring (bicyclic) bond motifs is 3. The zero-order chi connectivity index (χ0) is 11.1. The maximum absolute atomic E-state index is 1.56. The highest BCUT2D eigenvalue weighted by molar-refractivity contribution is 4.69. The molecule has 2 fully saturated rings. The van der Waals surface area contributed by atoms with Crippen molar-refractivity contribution in [1.82, 2.24) is 0 Å². The average molecular weight is 222 g/mol. The van der Waals surface area contributed by atoms with Crippen LogP contribution in [0, 0.1) is 11.8 Å². The van der Waals surface area contributed by atoms with Gasteiger partial charge in [-0.1, -0.05) is 89.9 Å². The number of hydrogen-bond acceptors (Lipinski definition) is 0. The van der Waals surface area contributed by atoms with Crippen molar-refractivity contribution < 1.29 is 0 Å². The Morgan fingerprint density at radius 2 is 0.625 bits per heavy atom. The van der Waals surface area contributed by atoms with Crippen LogP contribution in [-0.2, 0) is 0 Å². The second kappa shape index (κ2) is 7.35. The van der Waals surface area contributed by atoms with Crippen LogP contribution in [0.1, 0.15) is 89.9 Å². The quantitative estimate of drug-likeness (QED) is 0.492. The molecule has 0 aliphatic heterocycles. The Kier molecular flexibility index (Phi) is 5.72. The van der Waals surface area contributed by atoms with Gasteiger partial charge in [0.15, 0.2) is 0 Å². The van der Waals surface area contributed by atoms with Crippen LogP contribution in [0.2, 0.25) is 0 Å². The predicted molar refractivity (Wildman–Crippen MR) is 71.6 cm³/mol. The lowest BCUT2D eigenvalue weighted by atomic mass is 9.81. The van der Waals surface area contributed by atoms with Gasteiger partial charge < -0.3 is 0 Å². The Labute approximate surface area is 102 Å². The van der Waals surface area contributed by atoms with E-state index in [4.69, 9.17) is 0 Å². The normalized spacial score (nSPS) is 34.5. The molecule has 2 saturated carbocycles. The van der Waals surface area contributed by atoms with Gasteiger partial charge in [-0.15, -0.1) is 0 Å². The van der Waals surface area contributed by atoms with Gasteiger partial charge >= 0.3 is 0 Å². The molecule has 0 saturated heterocycles. The summed E-state index contributed by atoms with van der Waals surface area (Å²) < 4.78 is 0. The van der Waals surface area contributed by atoms with E-state index in [2.05, 4.69) is 0 Å². The largest absolute Gasteiger partial charge is 0.0533 e. The maximum atomic E-state index is 1.56. The van der Waals surface area contributed by atoms with Crippen LogP contribution in [-0.4, -0.2) is 0 Å². The third-order valence-electron chi connectivity index (χ3n) is 4.93. The van der Waals surface area contributed by atoms with Crippen LogP contribution in [0.25, 0.3) is 0 Å². The fourth-order valence-electron chi connectivity index (χ4n) is 3.78. The first-order valence-electron chi connectivity index (χ1n) is 7.95. The van der Waals surface area contributed by atoms with Gasteiger partial charge in [-0.25, -0.2) is 0 Å². The van der Waals surface area contributed by atoms with Crippen molar-refractivity contribution in [2.45, 2.75) is 89.9 Å². The summed E-state index contributed by atoms with van der Waals surface area (Å²) in [7, 11) is 0. The monoisotopic (exact) mass is 222 g/mol. The highest BCUT2D eigenvalue weighted by Gasteiger charge is 2.16. The molecule has 94 valence electrons. The SMILES string of the molecule is C1CCCC2CCCCCCC(CC1)CC2. The van der Waals surface area contributed by atoms with E-state index < -0.39 is 0 Å². The van der Waals surface area contributed by atoms with E-state index in [1.165, 1.54) is 51.4 Å². The minimum atomic E-state index is 1.10. The molecular formula is C16H30. The van der Waals surface area contributed by atoms with Gasteiger partial charge in [0.1, 0.15) is 0 Å². The lowest BCUT2D eigenvalue weighted by molar-refractivity contribution is 0.285. The molecule has 16 heavy (non-hydrogen) atoms. The van der Waals surface area contributed by atoms with E-state index in [1.807, 2.05) is 0 Å². The summed E-state index contributed by atoms with van der Waals surface area (Å²) in [5.74, 6) is 2.19. The van der Waals surface area contributed by atoms with Crippen LogP contribution in [0.15, 0.2) is 0 Å². The Balaban J connectivity index is 1.88. The van der Waals surface area contributed by atoms with Crippen LogP contribution in [0.4, 0.5) is 0 Å². The highest BCUT2D eigenvalue weighted by Crippen LogP contribution is 2.32. The Morgan fingerprint density at radius 3 is 0.938 bits per heavy atom. The molecule has 0 aromatic rings.